The number of fused-ring (bicyclic) bond motifs is 12. The topological polar surface area (TPSA) is 103 Å². The second-order valence-electron chi connectivity index (χ2n) is 30.4. The molecular formula is C112H72N8. The highest BCUT2D eigenvalue weighted by atomic mass is 14.7. The molecule has 560 valence electrons. The second-order valence-corrected chi connectivity index (χ2v) is 30.4. The van der Waals surface area contributed by atoms with Crippen LogP contribution in [-0.4, -0.2) is 39.9 Å². The van der Waals surface area contributed by atoms with Gasteiger partial charge in [0.2, 0.25) is 0 Å². The Labute approximate surface area is 694 Å². The molecule has 0 N–H and O–H groups in total. The summed E-state index contributed by atoms with van der Waals surface area (Å²) in [6.45, 7) is 0. The molecule has 120 heavy (non-hydrogen) atoms. The van der Waals surface area contributed by atoms with E-state index < -0.39 is 0 Å². The quantitative estimate of drug-likeness (QED) is 0.0992. The molecule has 22 aromatic rings. The standard InChI is InChI=1S/2C56H36N4/c1-2-17-53-51(15-1)52-16-3-4-18-54(52)56-30-41(19-20-55(53)56)46-26-44(37-9-5-11-39(23-37)47-28-49(35-59-33-47)42-13-7-21-57-31-42)25-45(27-46)38-10-6-12-40(24-38)48-29-50(36-60-34-48)43-14-8-22-58-32-43;1-2-13-53-51(11-1)52-12-3-4-14-54(52)56-32-43(15-16-55(53)56)46-28-44(39-7-5-9-41(25-39)49-30-47(33-59-35-49)37-17-21-57-22-18-37)27-45(29-46)40-8-6-10-42(26-40)50-31-48(34-60-36-50)38-19-23-58-24-20-38/h2*1-36H. The summed E-state index contributed by atoms with van der Waals surface area (Å²) < 4.78 is 0. The predicted molar refractivity (Wildman–Crippen MR) is 496 cm³/mol. The zero-order valence-corrected chi connectivity index (χ0v) is 65.1. The number of hydrogen-bond acceptors (Lipinski definition) is 8. The first-order valence-electron chi connectivity index (χ1n) is 40.3. The van der Waals surface area contributed by atoms with E-state index in [4.69, 9.17) is 0 Å². The van der Waals surface area contributed by atoms with Gasteiger partial charge in [-0.05, 0) is 298 Å². The maximum atomic E-state index is 4.64. The molecule has 0 bridgehead atoms. The lowest BCUT2D eigenvalue weighted by Crippen LogP contribution is -1.90. The minimum atomic E-state index is 1.04. The Morgan fingerprint density at radius 3 is 0.542 bits per heavy atom. The van der Waals surface area contributed by atoms with E-state index in [1.807, 2.05) is 123 Å². The summed E-state index contributed by atoms with van der Waals surface area (Å²) in [4.78, 5) is 35.6. The Morgan fingerprint density at radius 2 is 0.283 bits per heavy atom. The van der Waals surface area contributed by atoms with Crippen molar-refractivity contribution in [3.8, 4) is 156 Å². The predicted octanol–water partition coefficient (Wildman–Crippen LogP) is 28.8. The minimum absolute atomic E-state index is 1.04. The van der Waals surface area contributed by atoms with Crippen molar-refractivity contribution < 1.29 is 0 Å². The van der Waals surface area contributed by atoms with Crippen LogP contribution < -0.4 is 0 Å². The van der Waals surface area contributed by atoms with Gasteiger partial charge in [0.05, 0.1) is 0 Å². The third-order valence-corrected chi connectivity index (χ3v) is 23.1. The van der Waals surface area contributed by atoms with Crippen LogP contribution in [0.15, 0.2) is 439 Å². The highest BCUT2D eigenvalue weighted by Crippen LogP contribution is 2.45. The lowest BCUT2D eigenvalue weighted by atomic mass is 9.89. The Balaban J connectivity index is 0.000000148. The average molecular weight is 1530 g/mol. The zero-order valence-electron chi connectivity index (χ0n) is 65.1. The first-order chi connectivity index (χ1) is 59.4. The lowest BCUT2D eigenvalue weighted by Gasteiger charge is -2.15. The molecule has 0 unspecified atom stereocenters. The third-order valence-electron chi connectivity index (χ3n) is 23.1. The molecule has 8 heteroatoms. The van der Waals surface area contributed by atoms with Crippen LogP contribution in [0.5, 0.6) is 0 Å². The first-order valence-corrected chi connectivity index (χ1v) is 40.3. The maximum Gasteiger partial charge on any atom is 0.0347 e. The monoisotopic (exact) mass is 1530 g/mol. The van der Waals surface area contributed by atoms with E-state index >= 15 is 0 Å². The molecule has 0 aliphatic heterocycles. The molecule has 0 fully saturated rings. The van der Waals surface area contributed by atoms with Crippen molar-refractivity contribution in [2.45, 2.75) is 0 Å². The molecule has 0 saturated carbocycles. The summed E-state index contributed by atoms with van der Waals surface area (Å²) in [7, 11) is 0. The summed E-state index contributed by atoms with van der Waals surface area (Å²) in [6.07, 6.45) is 30.0. The summed E-state index contributed by atoms with van der Waals surface area (Å²) in [5.41, 5.74) is 30.8. The molecule has 8 nitrogen and oxygen atoms in total. The van der Waals surface area contributed by atoms with Crippen LogP contribution in [0, 0.1) is 0 Å². The average Bonchev–Trinajstić information content (AvgIpc) is 0.744. The van der Waals surface area contributed by atoms with Crippen molar-refractivity contribution >= 4 is 64.6 Å². The fourth-order valence-corrected chi connectivity index (χ4v) is 17.1. The van der Waals surface area contributed by atoms with Gasteiger partial charge in [0.15, 0.2) is 0 Å². The smallest absolute Gasteiger partial charge is 0.0347 e. The van der Waals surface area contributed by atoms with Crippen molar-refractivity contribution in [3.63, 3.8) is 0 Å². The van der Waals surface area contributed by atoms with Crippen LogP contribution >= 0.6 is 0 Å². The molecule has 0 atom stereocenters. The van der Waals surface area contributed by atoms with Crippen molar-refractivity contribution in [3.05, 3.63) is 439 Å². The number of nitrogens with zero attached hydrogens (tertiary/aromatic N) is 8. The van der Waals surface area contributed by atoms with Gasteiger partial charge in [-0.2, -0.15) is 0 Å². The molecule has 8 aromatic heterocycles. The highest BCUT2D eigenvalue weighted by molar-refractivity contribution is 6.27. The number of aromatic nitrogens is 8. The van der Waals surface area contributed by atoms with E-state index in [0.717, 1.165) is 145 Å². The molecule has 8 heterocycles. The van der Waals surface area contributed by atoms with E-state index in [1.165, 1.54) is 75.8 Å². The van der Waals surface area contributed by atoms with Crippen LogP contribution in [0.3, 0.4) is 0 Å². The fraction of sp³-hybridized carbons (Fsp3) is 0. The molecule has 0 radical (unpaired) electrons. The number of benzene rings is 14. The Morgan fingerprint density at radius 1 is 0.0917 bits per heavy atom. The fourth-order valence-electron chi connectivity index (χ4n) is 17.1. The van der Waals surface area contributed by atoms with Gasteiger partial charge >= 0.3 is 0 Å². The van der Waals surface area contributed by atoms with Crippen molar-refractivity contribution in [1.82, 2.24) is 39.9 Å². The normalized spacial score (nSPS) is 11.3. The summed E-state index contributed by atoms with van der Waals surface area (Å²) in [6, 6.07) is 123. The van der Waals surface area contributed by atoms with E-state index in [1.54, 1.807) is 12.4 Å². The van der Waals surface area contributed by atoms with Gasteiger partial charge in [-0.25, -0.2) is 0 Å². The van der Waals surface area contributed by atoms with Crippen LogP contribution in [0.25, 0.3) is 220 Å². The summed E-state index contributed by atoms with van der Waals surface area (Å²) >= 11 is 0. The zero-order chi connectivity index (χ0) is 79.7. The summed E-state index contributed by atoms with van der Waals surface area (Å²) in [5.74, 6) is 0. The van der Waals surface area contributed by atoms with Gasteiger partial charge in [-0.1, -0.05) is 206 Å². The van der Waals surface area contributed by atoms with E-state index in [0.29, 0.717) is 0 Å². The molecular weight excluding hydrogens is 1460 g/mol. The van der Waals surface area contributed by atoms with Crippen molar-refractivity contribution in [2.75, 3.05) is 0 Å². The first kappa shape index (κ1) is 71.6. The van der Waals surface area contributed by atoms with Crippen LogP contribution in [-0.2, 0) is 0 Å². The molecule has 0 aliphatic carbocycles. The molecule has 22 rings (SSSR count). The van der Waals surface area contributed by atoms with E-state index in [2.05, 4.69) is 343 Å². The Hall–Kier alpha value is -16.2. The lowest BCUT2D eigenvalue weighted by molar-refractivity contribution is 1.30. The van der Waals surface area contributed by atoms with Gasteiger partial charge in [0.1, 0.15) is 0 Å². The molecule has 14 aromatic carbocycles. The molecule has 0 spiro atoms. The molecule has 0 saturated heterocycles. The number of rotatable bonds is 14. The Bertz CT molecular complexity index is 6850. The number of pyridine rings is 8. The molecule has 0 amide bonds. The van der Waals surface area contributed by atoms with E-state index in [9.17, 15) is 0 Å². The molecule has 0 aliphatic rings. The second kappa shape index (κ2) is 31.6. The number of hydrogen-bond donors (Lipinski definition) is 0. The van der Waals surface area contributed by atoms with E-state index in [-0.39, 0.29) is 0 Å². The third kappa shape index (κ3) is 14.2. The maximum absolute atomic E-state index is 4.64. The van der Waals surface area contributed by atoms with Crippen LogP contribution in [0.1, 0.15) is 0 Å². The summed E-state index contributed by atoms with van der Waals surface area (Å²) in [5, 5.41) is 15.2. The van der Waals surface area contributed by atoms with Gasteiger partial charge in [0, 0.05) is 155 Å². The van der Waals surface area contributed by atoms with Crippen molar-refractivity contribution in [1.29, 1.82) is 0 Å². The van der Waals surface area contributed by atoms with Crippen LogP contribution in [0.4, 0.5) is 0 Å². The van der Waals surface area contributed by atoms with Crippen LogP contribution in [0.2, 0.25) is 0 Å². The van der Waals surface area contributed by atoms with Crippen molar-refractivity contribution in [2.24, 2.45) is 0 Å². The minimum Gasteiger partial charge on any atom is -0.265 e. The van der Waals surface area contributed by atoms with Gasteiger partial charge in [-0.3, -0.25) is 39.9 Å². The van der Waals surface area contributed by atoms with Gasteiger partial charge in [-0.15, -0.1) is 0 Å². The SMILES string of the molecule is c1cc(-c2cncc(-c3ccncc3)c2)cc(-c2cc(-c3cccc(-c4cncc(-c5ccncc5)c4)c3)cc(-c3ccc4c5ccccc5c5ccccc5c4c3)c2)c1.c1cncc(-c2cncc(-c3cccc(-c4cc(-c5cccc(-c6cncc(-c7cccnc7)c6)c5)cc(-c5ccc6c7ccccc7c7ccccc7c6c5)c4)c3)c2)c1. The van der Waals surface area contributed by atoms with Gasteiger partial charge < -0.3 is 0 Å². The largest absolute Gasteiger partial charge is 0.265 e. The highest BCUT2D eigenvalue weighted by Gasteiger charge is 2.19. The Kier molecular flexibility index (Phi) is 18.8. The van der Waals surface area contributed by atoms with Gasteiger partial charge in [0.25, 0.3) is 0 Å².